The van der Waals surface area contributed by atoms with Gasteiger partial charge in [-0.3, -0.25) is 5.43 Å². The van der Waals surface area contributed by atoms with Crippen LogP contribution >= 0.6 is 0 Å². The minimum Gasteiger partial charge on any atom is -0.327 e. The minimum absolute atomic E-state index is 0.659. The highest BCUT2D eigenvalue weighted by molar-refractivity contribution is 5.26. The fourth-order valence-corrected chi connectivity index (χ4v) is 1.34. The summed E-state index contributed by atoms with van der Waals surface area (Å²) in [6, 6.07) is 0. The second-order valence-electron chi connectivity index (χ2n) is 2.96. The van der Waals surface area contributed by atoms with Crippen molar-refractivity contribution >= 4 is 5.95 Å². The second kappa shape index (κ2) is 2.54. The number of nitrogens with two attached hydrogens (primary N) is 1. The summed E-state index contributed by atoms with van der Waals surface area (Å²) in [7, 11) is 0. The molecule has 0 atom stereocenters. The Morgan fingerprint density at radius 1 is 1.64 bits per heavy atom. The van der Waals surface area contributed by atoms with E-state index in [2.05, 4.69) is 15.4 Å². The predicted molar refractivity (Wildman–Crippen MR) is 43.0 cm³/mol. The van der Waals surface area contributed by atoms with Crippen LogP contribution in [0, 0.1) is 0 Å². The van der Waals surface area contributed by atoms with Gasteiger partial charge < -0.3 is 4.98 Å². The molecule has 1 aromatic rings. The molecule has 4 N–H and O–H groups in total. The maximum atomic E-state index is 5.18. The molecular weight excluding hydrogens is 140 g/mol. The summed E-state index contributed by atoms with van der Waals surface area (Å²) >= 11 is 0. The van der Waals surface area contributed by atoms with Crippen LogP contribution in [0.2, 0.25) is 0 Å². The van der Waals surface area contributed by atoms with E-state index >= 15 is 0 Å². The third-order valence-electron chi connectivity index (χ3n) is 2.28. The van der Waals surface area contributed by atoms with Gasteiger partial charge in [0.1, 0.15) is 0 Å². The van der Waals surface area contributed by atoms with Gasteiger partial charge in [-0.25, -0.2) is 10.8 Å². The van der Waals surface area contributed by atoms with E-state index in [9.17, 15) is 0 Å². The van der Waals surface area contributed by atoms with Gasteiger partial charge in [-0.15, -0.1) is 0 Å². The minimum atomic E-state index is 0.659. The van der Waals surface area contributed by atoms with E-state index in [1.165, 1.54) is 25.0 Å². The van der Waals surface area contributed by atoms with E-state index in [1.54, 1.807) is 0 Å². The molecule has 1 aromatic heterocycles. The predicted octanol–water partition coefficient (Wildman–Crippen LogP) is 0.963. The summed E-state index contributed by atoms with van der Waals surface area (Å²) in [6.07, 6.45) is 5.77. The molecule has 1 fully saturated rings. The molecule has 0 bridgehead atoms. The molecule has 0 aromatic carbocycles. The third-order valence-corrected chi connectivity index (χ3v) is 2.28. The van der Waals surface area contributed by atoms with Crippen LogP contribution in [0.3, 0.4) is 0 Å². The molecule has 0 spiro atoms. The first-order chi connectivity index (χ1) is 5.40. The van der Waals surface area contributed by atoms with Crippen molar-refractivity contribution < 1.29 is 0 Å². The highest BCUT2D eigenvalue weighted by Gasteiger charge is 2.20. The van der Waals surface area contributed by atoms with Crippen LogP contribution in [0.1, 0.15) is 30.9 Å². The van der Waals surface area contributed by atoms with Crippen molar-refractivity contribution in [3.8, 4) is 0 Å². The maximum Gasteiger partial charge on any atom is 0.214 e. The number of rotatable bonds is 2. The first-order valence-corrected chi connectivity index (χ1v) is 3.91. The van der Waals surface area contributed by atoms with Crippen LogP contribution < -0.4 is 11.3 Å². The van der Waals surface area contributed by atoms with E-state index < -0.39 is 0 Å². The Hall–Kier alpha value is -1.03. The Morgan fingerprint density at radius 3 is 2.91 bits per heavy atom. The Morgan fingerprint density at radius 2 is 2.45 bits per heavy atom. The number of H-pyrrole nitrogens is 1. The SMILES string of the molecule is NNc1ncc(C2CCC2)[nH]1. The molecule has 2 rings (SSSR count). The van der Waals surface area contributed by atoms with Crippen LogP contribution in [0.25, 0.3) is 0 Å². The zero-order valence-electron chi connectivity index (χ0n) is 6.30. The summed E-state index contributed by atoms with van der Waals surface area (Å²) in [6.45, 7) is 0. The van der Waals surface area contributed by atoms with Crippen LogP contribution in [0.15, 0.2) is 6.20 Å². The lowest BCUT2D eigenvalue weighted by atomic mass is 9.83. The van der Waals surface area contributed by atoms with Crippen LogP contribution in [0.5, 0.6) is 0 Å². The summed E-state index contributed by atoms with van der Waals surface area (Å²) in [5.41, 5.74) is 3.70. The average molecular weight is 152 g/mol. The number of aromatic nitrogens is 2. The highest BCUT2D eigenvalue weighted by Crippen LogP contribution is 2.35. The lowest BCUT2D eigenvalue weighted by molar-refractivity contribution is 0.412. The third kappa shape index (κ3) is 1.09. The Bertz CT molecular complexity index is 238. The highest BCUT2D eigenvalue weighted by atomic mass is 15.3. The topological polar surface area (TPSA) is 66.7 Å². The standard InChI is InChI=1S/C7H12N4/c8-11-7-9-4-6(10-7)5-2-1-3-5/h4-5H,1-3,8H2,(H2,9,10,11). The van der Waals surface area contributed by atoms with Gasteiger partial charge in [-0.2, -0.15) is 0 Å². The molecule has 0 saturated heterocycles. The summed E-state index contributed by atoms with van der Waals surface area (Å²) in [4.78, 5) is 7.16. The van der Waals surface area contributed by atoms with Crippen molar-refractivity contribution in [1.82, 2.24) is 9.97 Å². The number of nitrogens with zero attached hydrogens (tertiary/aromatic N) is 1. The van der Waals surface area contributed by atoms with Crippen molar-refractivity contribution in [1.29, 1.82) is 0 Å². The number of imidazole rings is 1. The van der Waals surface area contributed by atoms with Gasteiger partial charge in [-0.1, -0.05) is 6.42 Å². The molecule has 11 heavy (non-hydrogen) atoms. The van der Waals surface area contributed by atoms with Crippen LogP contribution in [0.4, 0.5) is 5.95 Å². The van der Waals surface area contributed by atoms with Gasteiger partial charge in [0.05, 0.1) is 6.20 Å². The molecule has 60 valence electrons. The first-order valence-electron chi connectivity index (χ1n) is 3.91. The smallest absolute Gasteiger partial charge is 0.214 e. The number of nitrogens with one attached hydrogen (secondary N) is 2. The Kier molecular flexibility index (Phi) is 1.54. The first kappa shape index (κ1) is 6.67. The number of hydrogen-bond acceptors (Lipinski definition) is 3. The van der Waals surface area contributed by atoms with Crippen molar-refractivity contribution in [3.63, 3.8) is 0 Å². The van der Waals surface area contributed by atoms with E-state index in [1.807, 2.05) is 6.20 Å². The number of hydrazine groups is 1. The lowest BCUT2D eigenvalue weighted by Crippen LogP contribution is -2.10. The fraction of sp³-hybridized carbons (Fsp3) is 0.571. The van der Waals surface area contributed by atoms with Crippen molar-refractivity contribution in [2.75, 3.05) is 5.43 Å². The quantitative estimate of drug-likeness (QED) is 0.437. The fourth-order valence-electron chi connectivity index (χ4n) is 1.34. The number of anilines is 1. The van der Waals surface area contributed by atoms with E-state index in [0.717, 1.165) is 0 Å². The van der Waals surface area contributed by atoms with E-state index in [-0.39, 0.29) is 0 Å². The average Bonchev–Trinajstić information content (AvgIpc) is 2.32. The zero-order chi connectivity index (χ0) is 7.68. The molecule has 0 radical (unpaired) electrons. The molecule has 1 heterocycles. The van der Waals surface area contributed by atoms with Gasteiger partial charge in [-0.05, 0) is 12.8 Å². The van der Waals surface area contributed by atoms with Crippen LogP contribution in [-0.2, 0) is 0 Å². The number of nitrogen functional groups attached to an aromatic ring is 1. The molecule has 0 unspecified atom stereocenters. The molecule has 0 aliphatic heterocycles. The van der Waals surface area contributed by atoms with Crippen molar-refractivity contribution in [2.45, 2.75) is 25.2 Å². The van der Waals surface area contributed by atoms with Gasteiger partial charge in [0.2, 0.25) is 5.95 Å². The second-order valence-corrected chi connectivity index (χ2v) is 2.96. The molecule has 1 saturated carbocycles. The van der Waals surface area contributed by atoms with E-state index in [0.29, 0.717) is 11.9 Å². The summed E-state index contributed by atoms with van der Waals surface area (Å²) in [5, 5.41) is 0. The van der Waals surface area contributed by atoms with Crippen LogP contribution in [-0.4, -0.2) is 9.97 Å². The maximum absolute atomic E-state index is 5.18. The summed E-state index contributed by atoms with van der Waals surface area (Å²) in [5.74, 6) is 6.54. The molecule has 4 nitrogen and oxygen atoms in total. The Labute approximate surface area is 65.2 Å². The normalized spacial score (nSPS) is 17.9. The van der Waals surface area contributed by atoms with Crippen molar-refractivity contribution in [2.24, 2.45) is 5.84 Å². The lowest BCUT2D eigenvalue weighted by Gasteiger charge is -2.23. The number of aromatic amines is 1. The monoisotopic (exact) mass is 152 g/mol. The molecule has 1 aliphatic rings. The molecular formula is C7H12N4. The van der Waals surface area contributed by atoms with Gasteiger partial charge in [0.15, 0.2) is 0 Å². The van der Waals surface area contributed by atoms with Gasteiger partial charge in [0, 0.05) is 11.6 Å². The zero-order valence-corrected chi connectivity index (χ0v) is 6.30. The van der Waals surface area contributed by atoms with E-state index in [4.69, 9.17) is 5.84 Å². The van der Waals surface area contributed by atoms with Gasteiger partial charge >= 0.3 is 0 Å². The largest absolute Gasteiger partial charge is 0.327 e. The summed E-state index contributed by atoms with van der Waals surface area (Å²) < 4.78 is 0. The molecule has 1 aliphatic carbocycles. The van der Waals surface area contributed by atoms with Crippen molar-refractivity contribution in [3.05, 3.63) is 11.9 Å². The molecule has 0 amide bonds. The molecule has 4 heteroatoms. The number of hydrogen-bond donors (Lipinski definition) is 3. The van der Waals surface area contributed by atoms with Gasteiger partial charge in [0.25, 0.3) is 0 Å². The Balaban J connectivity index is 2.11.